The summed E-state index contributed by atoms with van der Waals surface area (Å²) in [5.74, 6) is 1.25. The number of Topliss-reactive ketones (excluding diaryl/α,β-unsaturated/α-hetero) is 1. The minimum atomic E-state index is -0.482. The van der Waals surface area contributed by atoms with E-state index in [0.717, 1.165) is 5.56 Å². The monoisotopic (exact) mass is 347 g/mol. The number of nitrogens with one attached hydrogen (secondary N) is 1. The lowest BCUT2D eigenvalue weighted by atomic mass is 9.91. The molecule has 1 aromatic carbocycles. The van der Waals surface area contributed by atoms with Crippen LogP contribution in [-0.4, -0.2) is 25.0 Å². The van der Waals surface area contributed by atoms with Gasteiger partial charge in [-0.25, -0.2) is 0 Å². The predicted molar refractivity (Wildman–Crippen MR) is 96.2 cm³/mol. The van der Waals surface area contributed by atoms with E-state index in [2.05, 4.69) is 4.98 Å². The van der Waals surface area contributed by atoms with E-state index in [1.165, 1.54) is 17.4 Å². The Morgan fingerprint density at radius 2 is 1.92 bits per heavy atom. The number of aromatic nitrogens is 1. The SMILES string of the molecule is COc1ccc(/C=c2\s/c(=C\C(=O)C(C)(C)C)[nH]c2=O)c(OC)c1. The largest absolute Gasteiger partial charge is 0.497 e. The maximum atomic E-state index is 12.1. The molecular formula is C18H21NO4S. The van der Waals surface area contributed by atoms with Crippen molar-refractivity contribution in [2.75, 3.05) is 14.2 Å². The molecule has 0 atom stereocenters. The molecule has 0 saturated carbocycles. The molecule has 0 amide bonds. The molecule has 1 N–H and O–H groups in total. The van der Waals surface area contributed by atoms with Gasteiger partial charge in [0.25, 0.3) is 5.56 Å². The van der Waals surface area contributed by atoms with E-state index in [1.807, 2.05) is 26.8 Å². The van der Waals surface area contributed by atoms with Crippen molar-refractivity contribution in [2.45, 2.75) is 20.8 Å². The Kier molecular flexibility index (Phi) is 5.29. The number of rotatable bonds is 4. The van der Waals surface area contributed by atoms with Crippen LogP contribution in [0.25, 0.3) is 12.2 Å². The second-order valence-electron chi connectivity index (χ2n) is 6.30. The van der Waals surface area contributed by atoms with E-state index in [9.17, 15) is 9.59 Å². The van der Waals surface area contributed by atoms with Crippen LogP contribution in [0.3, 0.4) is 0 Å². The Morgan fingerprint density at radius 1 is 1.21 bits per heavy atom. The van der Waals surface area contributed by atoms with Gasteiger partial charge in [0.05, 0.1) is 23.4 Å². The number of hydrogen-bond donors (Lipinski definition) is 1. The number of carbonyl (C=O) groups excluding carboxylic acids is 1. The van der Waals surface area contributed by atoms with Crippen molar-refractivity contribution >= 4 is 29.3 Å². The standard InChI is InChI=1S/C18H21NO4S/c1-18(2,3)15(20)10-16-19-17(21)14(24-16)8-11-6-7-12(22-4)9-13(11)23-5/h6-10H,1-5H3,(H,19,21)/b14-8-,16-10-. The molecule has 0 fully saturated rings. The quantitative estimate of drug-likeness (QED) is 0.914. The van der Waals surface area contributed by atoms with E-state index >= 15 is 0 Å². The molecule has 0 saturated heterocycles. The topological polar surface area (TPSA) is 68.4 Å². The van der Waals surface area contributed by atoms with Crippen LogP contribution in [-0.2, 0) is 4.79 Å². The first-order valence-corrected chi connectivity index (χ1v) is 8.25. The van der Waals surface area contributed by atoms with Gasteiger partial charge in [-0.2, -0.15) is 0 Å². The van der Waals surface area contributed by atoms with Crippen LogP contribution in [0.4, 0.5) is 0 Å². The van der Waals surface area contributed by atoms with Gasteiger partial charge in [-0.3, -0.25) is 9.59 Å². The smallest absolute Gasteiger partial charge is 0.266 e. The number of benzene rings is 1. The molecule has 0 spiro atoms. The Bertz CT molecular complexity index is 916. The molecule has 2 rings (SSSR count). The highest BCUT2D eigenvalue weighted by molar-refractivity contribution is 7.07. The van der Waals surface area contributed by atoms with Gasteiger partial charge in [0, 0.05) is 23.1 Å². The average Bonchev–Trinajstić information content (AvgIpc) is 2.86. The number of ketones is 1. The second-order valence-corrected chi connectivity index (χ2v) is 7.38. The summed E-state index contributed by atoms with van der Waals surface area (Å²) in [6.07, 6.45) is 3.22. The lowest BCUT2D eigenvalue weighted by Crippen LogP contribution is -2.22. The van der Waals surface area contributed by atoms with Gasteiger partial charge < -0.3 is 14.5 Å². The average molecular weight is 347 g/mol. The van der Waals surface area contributed by atoms with Crippen molar-refractivity contribution in [1.29, 1.82) is 0 Å². The van der Waals surface area contributed by atoms with Crippen molar-refractivity contribution in [2.24, 2.45) is 5.41 Å². The van der Waals surface area contributed by atoms with E-state index < -0.39 is 5.41 Å². The fourth-order valence-corrected chi connectivity index (χ4v) is 2.82. The molecule has 5 nitrogen and oxygen atoms in total. The van der Waals surface area contributed by atoms with Crippen molar-refractivity contribution < 1.29 is 14.3 Å². The minimum absolute atomic E-state index is 0.0337. The Balaban J connectivity index is 2.51. The Morgan fingerprint density at radius 3 is 2.50 bits per heavy atom. The third-order valence-corrected chi connectivity index (χ3v) is 4.37. The van der Waals surface area contributed by atoms with Gasteiger partial charge in [0.1, 0.15) is 11.5 Å². The molecular weight excluding hydrogens is 326 g/mol. The predicted octanol–water partition coefficient (Wildman–Crippen LogP) is 1.68. The van der Waals surface area contributed by atoms with Gasteiger partial charge >= 0.3 is 0 Å². The van der Waals surface area contributed by atoms with Crippen molar-refractivity contribution in [1.82, 2.24) is 4.98 Å². The minimum Gasteiger partial charge on any atom is -0.497 e. The molecule has 1 heterocycles. The zero-order chi connectivity index (χ0) is 17.9. The number of H-pyrrole nitrogens is 1. The van der Waals surface area contributed by atoms with Crippen LogP contribution in [0.2, 0.25) is 0 Å². The molecule has 0 aliphatic heterocycles. The van der Waals surface area contributed by atoms with Crippen LogP contribution >= 0.6 is 11.3 Å². The van der Waals surface area contributed by atoms with Crippen molar-refractivity contribution in [3.8, 4) is 11.5 Å². The van der Waals surface area contributed by atoms with E-state index in [0.29, 0.717) is 20.7 Å². The number of methoxy groups -OCH3 is 2. The first-order valence-electron chi connectivity index (χ1n) is 7.43. The maximum absolute atomic E-state index is 12.1. The summed E-state index contributed by atoms with van der Waals surface area (Å²) >= 11 is 1.24. The van der Waals surface area contributed by atoms with Crippen LogP contribution in [0.1, 0.15) is 26.3 Å². The van der Waals surface area contributed by atoms with Crippen LogP contribution < -0.4 is 24.2 Å². The van der Waals surface area contributed by atoms with E-state index in [-0.39, 0.29) is 11.3 Å². The molecule has 0 aliphatic carbocycles. The first-order chi connectivity index (χ1) is 11.2. The summed E-state index contributed by atoms with van der Waals surface area (Å²) in [4.78, 5) is 26.9. The summed E-state index contributed by atoms with van der Waals surface area (Å²) in [6, 6.07) is 5.37. The third kappa shape index (κ3) is 4.14. The normalized spacial score (nSPS) is 13.2. The van der Waals surface area contributed by atoms with Crippen LogP contribution in [0, 0.1) is 5.41 Å². The summed E-state index contributed by atoms with van der Waals surface area (Å²) in [5.41, 5.74) is 0.0504. The van der Waals surface area contributed by atoms with Gasteiger partial charge in [-0.15, -0.1) is 11.3 Å². The Labute approximate surface area is 144 Å². The zero-order valence-electron chi connectivity index (χ0n) is 14.4. The number of hydrogen-bond acceptors (Lipinski definition) is 5. The van der Waals surface area contributed by atoms with Gasteiger partial charge in [-0.1, -0.05) is 20.8 Å². The lowest BCUT2D eigenvalue weighted by Gasteiger charge is -2.12. The van der Waals surface area contributed by atoms with Gasteiger partial charge in [-0.05, 0) is 18.2 Å². The van der Waals surface area contributed by atoms with Gasteiger partial charge in [0.2, 0.25) is 0 Å². The number of thiazole rings is 1. The maximum Gasteiger partial charge on any atom is 0.266 e. The molecule has 0 radical (unpaired) electrons. The first kappa shape index (κ1) is 18.0. The second kappa shape index (κ2) is 7.05. The summed E-state index contributed by atoms with van der Waals surface area (Å²) in [5, 5.41) is 0. The highest BCUT2D eigenvalue weighted by atomic mass is 32.1. The molecule has 2 aromatic rings. The molecule has 1 aromatic heterocycles. The van der Waals surface area contributed by atoms with Crippen LogP contribution in [0.15, 0.2) is 23.0 Å². The molecule has 24 heavy (non-hydrogen) atoms. The highest BCUT2D eigenvalue weighted by Crippen LogP contribution is 2.24. The summed E-state index contributed by atoms with van der Waals surface area (Å²) in [7, 11) is 3.14. The summed E-state index contributed by atoms with van der Waals surface area (Å²) < 4.78 is 11.5. The van der Waals surface area contributed by atoms with E-state index in [4.69, 9.17) is 9.47 Å². The number of aromatic amines is 1. The van der Waals surface area contributed by atoms with Crippen LogP contribution in [0.5, 0.6) is 11.5 Å². The number of carbonyl (C=O) groups is 1. The fraction of sp³-hybridized carbons (Fsp3) is 0.333. The summed E-state index contributed by atoms with van der Waals surface area (Å²) in [6.45, 7) is 5.52. The molecule has 0 bridgehead atoms. The van der Waals surface area contributed by atoms with Crippen molar-refractivity contribution in [3.05, 3.63) is 43.3 Å². The van der Waals surface area contributed by atoms with Crippen molar-refractivity contribution in [3.63, 3.8) is 0 Å². The van der Waals surface area contributed by atoms with Gasteiger partial charge in [0.15, 0.2) is 5.78 Å². The highest BCUT2D eigenvalue weighted by Gasteiger charge is 2.18. The lowest BCUT2D eigenvalue weighted by molar-refractivity contribution is -0.119. The fourth-order valence-electron chi connectivity index (χ4n) is 1.94. The molecule has 0 aliphatic rings. The van der Waals surface area contributed by atoms with E-state index in [1.54, 1.807) is 32.4 Å². The molecule has 6 heteroatoms. The zero-order valence-corrected chi connectivity index (χ0v) is 15.2. The number of ether oxygens (including phenoxy) is 2. The third-order valence-electron chi connectivity index (χ3n) is 3.41. The Hall–Kier alpha value is -2.34. The molecule has 128 valence electrons. The molecule has 0 unspecified atom stereocenters.